The molecule has 0 aliphatic carbocycles. The van der Waals surface area contributed by atoms with Gasteiger partial charge in [0.1, 0.15) is 0 Å². The number of alkyl halides is 3. The minimum absolute atomic E-state index is 0.246. The normalized spacial score (nSPS) is 12.7. The van der Waals surface area contributed by atoms with Gasteiger partial charge in [-0.3, -0.25) is 4.79 Å². The van der Waals surface area contributed by atoms with Crippen molar-refractivity contribution in [3.63, 3.8) is 0 Å². The molecule has 0 aliphatic heterocycles. The van der Waals surface area contributed by atoms with Gasteiger partial charge in [-0.05, 0) is 30.2 Å². The lowest BCUT2D eigenvalue weighted by Crippen LogP contribution is -2.29. The summed E-state index contributed by atoms with van der Waals surface area (Å²) in [5.74, 6) is -0.830. The summed E-state index contributed by atoms with van der Waals surface area (Å²) in [5.41, 5.74) is -0.484. The van der Waals surface area contributed by atoms with Gasteiger partial charge in [-0.15, -0.1) is 0 Å². The van der Waals surface area contributed by atoms with Gasteiger partial charge in [-0.2, -0.15) is 13.2 Å². The molecule has 1 atom stereocenters. The number of nitrogens with one attached hydrogen (secondary N) is 1. The van der Waals surface area contributed by atoms with E-state index in [-0.39, 0.29) is 5.56 Å². The number of rotatable bonds is 4. The highest BCUT2D eigenvalue weighted by atomic mass is 19.4. The van der Waals surface area contributed by atoms with Crippen LogP contribution < -0.4 is 5.32 Å². The van der Waals surface area contributed by atoms with E-state index in [1.807, 2.05) is 6.07 Å². The molecule has 0 saturated heterocycles. The second kappa shape index (κ2) is 6.83. The van der Waals surface area contributed by atoms with Crippen LogP contribution in [0.4, 0.5) is 13.2 Å². The van der Waals surface area contributed by atoms with Crippen molar-refractivity contribution in [3.05, 3.63) is 70.8 Å². The van der Waals surface area contributed by atoms with Crippen LogP contribution >= 0.6 is 0 Å². The van der Waals surface area contributed by atoms with Crippen molar-refractivity contribution in [2.24, 2.45) is 0 Å². The molecule has 2 aromatic carbocycles. The van der Waals surface area contributed by atoms with Crippen molar-refractivity contribution in [3.8, 4) is 0 Å². The largest absolute Gasteiger partial charge is 0.417 e. The van der Waals surface area contributed by atoms with Crippen LogP contribution in [-0.4, -0.2) is 11.0 Å². The smallest absolute Gasteiger partial charge is 0.392 e. The average molecular weight is 323 g/mol. The maximum absolute atomic E-state index is 13.1. The Labute approximate surface area is 131 Å². The first kappa shape index (κ1) is 17.0. The summed E-state index contributed by atoms with van der Waals surface area (Å²) in [6.45, 7) is 1.25. The van der Waals surface area contributed by atoms with Crippen molar-refractivity contribution < 1.29 is 23.1 Å². The van der Waals surface area contributed by atoms with E-state index in [0.29, 0.717) is 0 Å². The minimum atomic E-state index is -4.64. The summed E-state index contributed by atoms with van der Waals surface area (Å²) >= 11 is 0. The number of amides is 1. The van der Waals surface area contributed by atoms with Gasteiger partial charge < -0.3 is 10.4 Å². The van der Waals surface area contributed by atoms with Crippen molar-refractivity contribution in [1.82, 2.24) is 5.32 Å². The zero-order valence-corrected chi connectivity index (χ0v) is 12.4. The lowest BCUT2D eigenvalue weighted by Gasteiger charge is -2.17. The number of carbonyl (C=O) groups excluding carboxylic acids is 1. The van der Waals surface area contributed by atoms with E-state index in [1.54, 1.807) is 31.2 Å². The number of benzene rings is 2. The summed E-state index contributed by atoms with van der Waals surface area (Å²) in [6, 6.07) is 11.5. The number of aliphatic hydroxyl groups is 1. The molecule has 0 unspecified atom stereocenters. The van der Waals surface area contributed by atoms with Gasteiger partial charge >= 0.3 is 6.18 Å². The standard InChI is InChI=1S/C17H16F3NO2/c1-11(13-5-3-2-4-6-13)21-16(23)14-9-12(10-22)7-8-15(14)17(18,19)20/h2-9,11,22H,10H2,1H3,(H,21,23)/t11-/m0/s1. The molecule has 0 radical (unpaired) electrons. The Morgan fingerprint density at radius 1 is 1.17 bits per heavy atom. The molecule has 3 nitrogen and oxygen atoms in total. The molecule has 0 aromatic heterocycles. The molecule has 122 valence electrons. The lowest BCUT2D eigenvalue weighted by atomic mass is 10.0. The molecule has 2 rings (SSSR count). The van der Waals surface area contributed by atoms with Crippen LogP contribution in [0, 0.1) is 0 Å². The molecule has 0 saturated carbocycles. The Kier molecular flexibility index (Phi) is 5.05. The minimum Gasteiger partial charge on any atom is -0.392 e. The van der Waals surface area contributed by atoms with Crippen LogP contribution in [0.1, 0.15) is 40.0 Å². The van der Waals surface area contributed by atoms with Gasteiger partial charge in [0.05, 0.1) is 23.8 Å². The van der Waals surface area contributed by atoms with Crippen LogP contribution in [0.3, 0.4) is 0 Å². The molecule has 23 heavy (non-hydrogen) atoms. The Hall–Kier alpha value is -2.34. The Bertz CT molecular complexity index is 684. The van der Waals surface area contributed by atoms with Crippen molar-refractivity contribution in [2.45, 2.75) is 25.7 Å². The molecule has 0 heterocycles. The second-order valence-electron chi connectivity index (χ2n) is 5.14. The Morgan fingerprint density at radius 3 is 2.39 bits per heavy atom. The number of hydrogen-bond donors (Lipinski definition) is 2. The first-order valence-electron chi connectivity index (χ1n) is 6.99. The maximum atomic E-state index is 13.1. The van der Waals surface area contributed by atoms with Crippen molar-refractivity contribution in [1.29, 1.82) is 0 Å². The molecular formula is C17H16F3NO2. The third-order valence-electron chi connectivity index (χ3n) is 3.46. The van der Waals surface area contributed by atoms with E-state index in [4.69, 9.17) is 5.11 Å². The molecule has 0 bridgehead atoms. The SMILES string of the molecule is C[C@H](NC(=O)c1cc(CO)ccc1C(F)(F)F)c1ccccc1. The monoisotopic (exact) mass is 323 g/mol. The predicted molar refractivity (Wildman–Crippen MR) is 79.7 cm³/mol. The van der Waals surface area contributed by atoms with Gasteiger partial charge in [0.2, 0.25) is 0 Å². The van der Waals surface area contributed by atoms with Gasteiger partial charge in [-0.25, -0.2) is 0 Å². The van der Waals surface area contributed by atoms with Crippen LogP contribution in [0.2, 0.25) is 0 Å². The Morgan fingerprint density at radius 2 is 1.83 bits per heavy atom. The van der Waals surface area contributed by atoms with Gasteiger partial charge in [0.15, 0.2) is 0 Å². The molecule has 0 fully saturated rings. The zero-order valence-electron chi connectivity index (χ0n) is 12.4. The number of carbonyl (C=O) groups is 1. The molecule has 1 amide bonds. The summed E-state index contributed by atoms with van der Waals surface area (Å²) in [6.07, 6.45) is -4.64. The first-order valence-corrected chi connectivity index (χ1v) is 6.99. The average Bonchev–Trinajstić information content (AvgIpc) is 2.54. The van der Waals surface area contributed by atoms with Gasteiger partial charge in [-0.1, -0.05) is 36.4 Å². The zero-order chi connectivity index (χ0) is 17.0. The van der Waals surface area contributed by atoms with E-state index >= 15 is 0 Å². The van der Waals surface area contributed by atoms with Crippen LogP contribution in [0.15, 0.2) is 48.5 Å². The molecule has 0 spiro atoms. The van der Waals surface area contributed by atoms with E-state index in [1.165, 1.54) is 0 Å². The molecule has 2 N–H and O–H groups in total. The topological polar surface area (TPSA) is 49.3 Å². The highest BCUT2D eigenvalue weighted by Gasteiger charge is 2.35. The van der Waals surface area contributed by atoms with E-state index in [2.05, 4.69) is 5.32 Å². The summed E-state index contributed by atoms with van der Waals surface area (Å²) < 4.78 is 39.2. The lowest BCUT2D eigenvalue weighted by molar-refractivity contribution is -0.138. The van der Waals surface area contributed by atoms with Crippen LogP contribution in [-0.2, 0) is 12.8 Å². The maximum Gasteiger partial charge on any atom is 0.417 e. The van der Waals surface area contributed by atoms with Crippen LogP contribution in [0.5, 0.6) is 0 Å². The summed E-state index contributed by atoms with van der Waals surface area (Å²) in [4.78, 5) is 12.3. The Balaban J connectivity index is 2.31. The van der Waals surface area contributed by atoms with Crippen molar-refractivity contribution >= 4 is 5.91 Å². The fraction of sp³-hybridized carbons (Fsp3) is 0.235. The van der Waals surface area contributed by atoms with Crippen LogP contribution in [0.25, 0.3) is 0 Å². The number of aliphatic hydroxyl groups excluding tert-OH is 1. The third-order valence-corrected chi connectivity index (χ3v) is 3.46. The third kappa shape index (κ3) is 4.10. The van der Waals surface area contributed by atoms with E-state index < -0.39 is 35.9 Å². The predicted octanol–water partition coefficient (Wildman–Crippen LogP) is 3.69. The van der Waals surface area contributed by atoms with Crippen molar-refractivity contribution in [2.75, 3.05) is 0 Å². The highest BCUT2D eigenvalue weighted by Crippen LogP contribution is 2.32. The highest BCUT2D eigenvalue weighted by molar-refractivity contribution is 5.96. The number of halogens is 3. The fourth-order valence-electron chi connectivity index (χ4n) is 2.22. The van der Waals surface area contributed by atoms with Gasteiger partial charge in [0.25, 0.3) is 5.91 Å². The molecule has 6 heteroatoms. The van der Waals surface area contributed by atoms with Gasteiger partial charge in [0, 0.05) is 0 Å². The van der Waals surface area contributed by atoms with E-state index in [9.17, 15) is 18.0 Å². The molecular weight excluding hydrogens is 307 g/mol. The second-order valence-corrected chi connectivity index (χ2v) is 5.14. The fourth-order valence-corrected chi connectivity index (χ4v) is 2.22. The summed E-state index contributed by atoms with van der Waals surface area (Å²) in [5, 5.41) is 11.6. The quantitative estimate of drug-likeness (QED) is 0.901. The molecule has 2 aromatic rings. The first-order chi connectivity index (χ1) is 10.8. The van der Waals surface area contributed by atoms with E-state index in [0.717, 1.165) is 23.8 Å². The molecule has 0 aliphatic rings. The summed E-state index contributed by atoms with van der Waals surface area (Å²) in [7, 11) is 0. The number of hydrogen-bond acceptors (Lipinski definition) is 2.